The average Bonchev–Trinajstić information content (AvgIpc) is 3.70. The highest BCUT2D eigenvalue weighted by Crippen LogP contribution is 2.39. The summed E-state index contributed by atoms with van der Waals surface area (Å²) in [5.74, 6) is 1.84. The van der Waals surface area contributed by atoms with Gasteiger partial charge in [0.2, 0.25) is 5.89 Å². The van der Waals surface area contributed by atoms with Crippen LogP contribution >= 0.6 is 0 Å². The Labute approximate surface area is 282 Å². The van der Waals surface area contributed by atoms with Gasteiger partial charge in [0.1, 0.15) is 22.9 Å². The minimum Gasteiger partial charge on any atom is -0.493 e. The fraction of sp³-hybridized carbons (Fsp3) is 0.459. The zero-order valence-electron chi connectivity index (χ0n) is 29.0. The number of methoxy groups -OCH3 is 1. The fourth-order valence-corrected chi connectivity index (χ4v) is 5.91. The van der Waals surface area contributed by atoms with E-state index in [2.05, 4.69) is 35.2 Å². The molecule has 0 bridgehead atoms. The topological polar surface area (TPSA) is 113 Å². The number of nitrogens with zero attached hydrogens (tertiary/aromatic N) is 5. The maximum Gasteiger partial charge on any atom is 0.339 e. The van der Waals surface area contributed by atoms with Gasteiger partial charge in [-0.3, -0.25) is 4.40 Å². The minimum atomic E-state index is -0.964. The van der Waals surface area contributed by atoms with E-state index in [1.54, 1.807) is 6.08 Å². The van der Waals surface area contributed by atoms with Gasteiger partial charge in [-0.15, -0.1) is 23.4 Å². The number of fused-ring (bicyclic) bond motifs is 1. The molecular weight excluding hydrogens is 610 g/mol. The summed E-state index contributed by atoms with van der Waals surface area (Å²) in [6, 6.07) is 9.75. The lowest BCUT2D eigenvalue weighted by Gasteiger charge is -2.41. The van der Waals surface area contributed by atoms with Gasteiger partial charge in [-0.2, -0.15) is 0 Å². The third-order valence-corrected chi connectivity index (χ3v) is 8.37. The van der Waals surface area contributed by atoms with Crippen LogP contribution in [0.25, 0.3) is 17.2 Å². The van der Waals surface area contributed by atoms with Gasteiger partial charge in [0, 0.05) is 30.4 Å². The van der Waals surface area contributed by atoms with Crippen LogP contribution in [0.2, 0.25) is 0 Å². The summed E-state index contributed by atoms with van der Waals surface area (Å²) >= 11 is 0. The molecule has 4 aromatic rings. The number of para-hydroxylation sites is 1. The molecule has 11 nitrogen and oxygen atoms in total. The van der Waals surface area contributed by atoms with Gasteiger partial charge in [0.05, 0.1) is 37.9 Å². The number of carbonyl (C=O) groups excluding carboxylic acids is 1. The Morgan fingerprint density at radius 2 is 1.90 bits per heavy atom. The van der Waals surface area contributed by atoms with Gasteiger partial charge >= 0.3 is 5.97 Å². The van der Waals surface area contributed by atoms with Gasteiger partial charge < -0.3 is 28.3 Å². The molecule has 0 radical (unpaired) electrons. The predicted octanol–water partition coefficient (Wildman–Crippen LogP) is 6.83. The molecule has 1 aliphatic rings. The van der Waals surface area contributed by atoms with Gasteiger partial charge in [-0.1, -0.05) is 30.4 Å². The van der Waals surface area contributed by atoms with Crippen molar-refractivity contribution in [3.63, 3.8) is 0 Å². The van der Waals surface area contributed by atoms with Gasteiger partial charge in [-0.25, -0.2) is 9.78 Å². The molecule has 0 aliphatic carbocycles. The van der Waals surface area contributed by atoms with E-state index in [1.807, 2.05) is 74.7 Å². The molecule has 0 N–H and O–H groups in total. The number of benzene rings is 1. The zero-order valence-corrected chi connectivity index (χ0v) is 29.0. The first-order valence-electron chi connectivity index (χ1n) is 16.4. The number of anilines is 1. The van der Waals surface area contributed by atoms with Crippen LogP contribution < -0.4 is 9.64 Å². The van der Waals surface area contributed by atoms with Gasteiger partial charge in [-0.05, 0) is 71.6 Å². The number of aryl methyl sites for hydroxylation is 1. The second-order valence-electron chi connectivity index (χ2n) is 13.3. The highest BCUT2D eigenvalue weighted by atomic mass is 16.6. The first kappa shape index (κ1) is 34.8. The SMILES string of the molecule is C=CCCOc1ccccc1Cc1nnc(-c2cn3c(N4CCC(C)(OCC=C)CC4)c(C(OC(C)(C)C)C(=O)OC)c(C)cc3n2)o1. The van der Waals surface area contributed by atoms with Crippen molar-refractivity contribution in [3.05, 3.63) is 84.4 Å². The number of hydrogen-bond donors (Lipinski definition) is 0. The van der Waals surface area contributed by atoms with Crippen LogP contribution in [0, 0.1) is 6.92 Å². The molecule has 0 saturated carbocycles. The van der Waals surface area contributed by atoms with Crippen LogP contribution in [-0.4, -0.2) is 70.2 Å². The average molecular weight is 658 g/mol. The predicted molar refractivity (Wildman–Crippen MR) is 184 cm³/mol. The van der Waals surface area contributed by atoms with Crippen LogP contribution in [-0.2, 0) is 25.4 Å². The van der Waals surface area contributed by atoms with Crippen molar-refractivity contribution in [2.75, 3.05) is 38.3 Å². The number of pyridine rings is 1. The van der Waals surface area contributed by atoms with Crippen LogP contribution in [0.3, 0.4) is 0 Å². The van der Waals surface area contributed by atoms with Crippen molar-refractivity contribution in [2.45, 2.75) is 77.6 Å². The Morgan fingerprint density at radius 3 is 2.58 bits per heavy atom. The molecule has 1 saturated heterocycles. The second kappa shape index (κ2) is 14.7. The number of piperidine rings is 1. The highest BCUT2D eigenvalue weighted by molar-refractivity contribution is 5.81. The molecule has 0 spiro atoms. The normalized spacial score (nSPS) is 15.3. The van der Waals surface area contributed by atoms with Crippen molar-refractivity contribution in [2.24, 2.45) is 0 Å². The lowest BCUT2D eigenvalue weighted by molar-refractivity contribution is -0.164. The standard InChI is InChI=1S/C37H47N5O6/c1-9-11-21-45-28-15-13-12-14-26(28)23-30-39-40-33(47-30)27-24-42-29(38-27)22-25(3)31(32(35(43)44-8)48-36(4,5)6)34(42)41-18-16-37(7,17-19-41)46-20-10-2/h9-10,12-15,22,24,32H,1-2,11,16-21,23H2,3-8H3. The Bertz CT molecular complexity index is 1740. The number of rotatable bonds is 14. The quantitative estimate of drug-likeness (QED) is 0.0812. The van der Waals surface area contributed by atoms with Crippen LogP contribution in [0.1, 0.15) is 75.6 Å². The number of imidazole rings is 1. The molecule has 1 aromatic carbocycles. The van der Waals surface area contributed by atoms with Crippen LogP contribution in [0.4, 0.5) is 5.82 Å². The first-order valence-corrected chi connectivity index (χ1v) is 16.4. The Morgan fingerprint density at radius 1 is 1.15 bits per heavy atom. The summed E-state index contributed by atoms with van der Waals surface area (Å²) in [6.45, 7) is 19.9. The number of hydrogen-bond acceptors (Lipinski definition) is 10. The van der Waals surface area contributed by atoms with Crippen molar-refractivity contribution in [1.29, 1.82) is 0 Å². The van der Waals surface area contributed by atoms with E-state index in [1.165, 1.54) is 7.11 Å². The van der Waals surface area contributed by atoms with Crippen molar-refractivity contribution >= 4 is 17.4 Å². The van der Waals surface area contributed by atoms with Crippen LogP contribution in [0.5, 0.6) is 5.75 Å². The highest BCUT2D eigenvalue weighted by Gasteiger charge is 2.37. The summed E-state index contributed by atoms with van der Waals surface area (Å²) < 4.78 is 31.9. The monoisotopic (exact) mass is 657 g/mol. The molecule has 1 atom stereocenters. The molecule has 1 unspecified atom stereocenters. The third kappa shape index (κ3) is 7.96. The van der Waals surface area contributed by atoms with Crippen LogP contribution in [0.15, 0.2) is 66.3 Å². The smallest absolute Gasteiger partial charge is 0.339 e. The number of aromatic nitrogens is 4. The molecule has 11 heteroatoms. The molecule has 1 fully saturated rings. The first-order chi connectivity index (χ1) is 22.9. The van der Waals surface area contributed by atoms with Crippen molar-refractivity contribution < 1.29 is 28.2 Å². The molecule has 48 heavy (non-hydrogen) atoms. The maximum atomic E-state index is 13.3. The summed E-state index contributed by atoms with van der Waals surface area (Å²) in [5, 5.41) is 8.70. The molecule has 1 aliphatic heterocycles. The van der Waals surface area contributed by atoms with E-state index in [4.69, 9.17) is 28.3 Å². The zero-order chi connectivity index (χ0) is 34.5. The lowest BCUT2D eigenvalue weighted by atomic mass is 9.92. The maximum absolute atomic E-state index is 13.3. The van der Waals surface area contributed by atoms with E-state index in [9.17, 15) is 4.79 Å². The minimum absolute atomic E-state index is 0.285. The van der Waals surface area contributed by atoms with E-state index in [0.29, 0.717) is 55.8 Å². The Balaban J connectivity index is 1.54. The van der Waals surface area contributed by atoms with E-state index in [-0.39, 0.29) is 5.60 Å². The number of carbonyl (C=O) groups is 1. The Hall–Kier alpha value is -4.48. The fourth-order valence-electron chi connectivity index (χ4n) is 5.91. The van der Waals surface area contributed by atoms with Gasteiger partial charge in [0.25, 0.3) is 5.89 Å². The lowest BCUT2D eigenvalue weighted by Crippen LogP contribution is -2.45. The largest absolute Gasteiger partial charge is 0.493 e. The second-order valence-corrected chi connectivity index (χ2v) is 13.3. The summed E-state index contributed by atoms with van der Waals surface area (Å²) in [5.41, 5.74) is 2.81. The molecular formula is C37H47N5O6. The molecule has 3 aromatic heterocycles. The molecule has 4 heterocycles. The summed E-state index contributed by atoms with van der Waals surface area (Å²) in [6.07, 6.45) is 7.24. The summed E-state index contributed by atoms with van der Waals surface area (Å²) in [4.78, 5) is 20.5. The number of esters is 1. The molecule has 0 amide bonds. The third-order valence-electron chi connectivity index (χ3n) is 8.37. The van der Waals surface area contributed by atoms with Gasteiger partial charge in [0.15, 0.2) is 6.10 Å². The Kier molecular flexibility index (Phi) is 10.7. The molecule has 5 rings (SSSR count). The van der Waals surface area contributed by atoms with Crippen molar-refractivity contribution in [1.82, 2.24) is 19.6 Å². The summed E-state index contributed by atoms with van der Waals surface area (Å²) in [7, 11) is 1.38. The molecule has 256 valence electrons. The van der Waals surface area contributed by atoms with E-state index in [0.717, 1.165) is 47.5 Å². The van der Waals surface area contributed by atoms with Crippen molar-refractivity contribution in [3.8, 4) is 17.3 Å². The van der Waals surface area contributed by atoms with E-state index >= 15 is 0 Å². The van der Waals surface area contributed by atoms with E-state index < -0.39 is 17.7 Å². The number of ether oxygens (including phenoxy) is 4.